The summed E-state index contributed by atoms with van der Waals surface area (Å²) < 4.78 is 18.2. The highest BCUT2D eigenvalue weighted by Crippen LogP contribution is 2.21. The lowest BCUT2D eigenvalue weighted by molar-refractivity contribution is 0.517. The maximum absolute atomic E-state index is 13.0. The standard InChI is InChI=1S/C14H17FN2O/c1-3-8-16-14(13-9-18-10(2)17-13)11-4-6-12(15)7-5-11/h4-7,9,14,16H,3,8H2,1-2H3. The molecule has 96 valence electrons. The molecule has 0 fully saturated rings. The zero-order valence-electron chi connectivity index (χ0n) is 10.6. The van der Waals surface area contributed by atoms with Crippen LogP contribution < -0.4 is 5.32 Å². The molecule has 0 amide bonds. The van der Waals surface area contributed by atoms with Crippen LogP contribution in [0, 0.1) is 12.7 Å². The van der Waals surface area contributed by atoms with Crippen LogP contribution in [-0.2, 0) is 0 Å². The molecule has 0 aliphatic rings. The smallest absolute Gasteiger partial charge is 0.191 e. The van der Waals surface area contributed by atoms with Gasteiger partial charge < -0.3 is 9.73 Å². The number of halogens is 1. The van der Waals surface area contributed by atoms with Crippen molar-refractivity contribution in [2.75, 3.05) is 6.54 Å². The number of hydrogen-bond acceptors (Lipinski definition) is 3. The highest BCUT2D eigenvalue weighted by Gasteiger charge is 2.16. The van der Waals surface area contributed by atoms with E-state index in [1.54, 1.807) is 18.4 Å². The number of oxazole rings is 1. The molecule has 4 heteroatoms. The van der Waals surface area contributed by atoms with E-state index in [2.05, 4.69) is 17.2 Å². The second-order valence-electron chi connectivity index (χ2n) is 4.23. The minimum atomic E-state index is -0.232. The summed E-state index contributed by atoms with van der Waals surface area (Å²) in [5.41, 5.74) is 1.81. The van der Waals surface area contributed by atoms with Crippen LogP contribution in [-0.4, -0.2) is 11.5 Å². The molecule has 1 aromatic carbocycles. The van der Waals surface area contributed by atoms with E-state index in [1.807, 2.05) is 6.92 Å². The lowest BCUT2D eigenvalue weighted by Crippen LogP contribution is -2.23. The van der Waals surface area contributed by atoms with E-state index >= 15 is 0 Å². The fraction of sp³-hybridized carbons (Fsp3) is 0.357. The molecule has 0 spiro atoms. The van der Waals surface area contributed by atoms with Gasteiger partial charge in [-0.05, 0) is 30.7 Å². The number of aromatic nitrogens is 1. The Morgan fingerprint density at radius 3 is 2.61 bits per heavy atom. The Morgan fingerprint density at radius 1 is 1.33 bits per heavy atom. The van der Waals surface area contributed by atoms with Gasteiger partial charge in [0.25, 0.3) is 0 Å². The minimum absolute atomic E-state index is 0.0528. The van der Waals surface area contributed by atoms with Crippen molar-refractivity contribution in [2.45, 2.75) is 26.3 Å². The predicted octanol–water partition coefficient (Wildman–Crippen LogP) is 3.21. The highest BCUT2D eigenvalue weighted by atomic mass is 19.1. The first-order valence-corrected chi connectivity index (χ1v) is 6.11. The van der Waals surface area contributed by atoms with E-state index in [4.69, 9.17) is 4.42 Å². The molecule has 1 N–H and O–H groups in total. The number of nitrogens with one attached hydrogen (secondary N) is 1. The van der Waals surface area contributed by atoms with Crippen molar-refractivity contribution >= 4 is 0 Å². The van der Waals surface area contributed by atoms with E-state index in [1.165, 1.54) is 12.1 Å². The third kappa shape index (κ3) is 2.96. The Balaban J connectivity index is 2.27. The summed E-state index contributed by atoms with van der Waals surface area (Å²) in [5.74, 6) is 0.403. The van der Waals surface area contributed by atoms with Gasteiger partial charge in [0, 0.05) is 6.92 Å². The second kappa shape index (κ2) is 5.78. The van der Waals surface area contributed by atoms with Gasteiger partial charge in [-0.2, -0.15) is 0 Å². The fourth-order valence-electron chi connectivity index (χ4n) is 1.85. The Labute approximate surface area is 106 Å². The van der Waals surface area contributed by atoms with Crippen molar-refractivity contribution in [3.8, 4) is 0 Å². The third-order valence-corrected chi connectivity index (χ3v) is 2.73. The maximum Gasteiger partial charge on any atom is 0.191 e. The molecule has 1 aromatic heterocycles. The predicted molar refractivity (Wildman–Crippen MR) is 67.8 cm³/mol. The summed E-state index contributed by atoms with van der Waals surface area (Å²) >= 11 is 0. The highest BCUT2D eigenvalue weighted by molar-refractivity contribution is 5.26. The summed E-state index contributed by atoms with van der Waals surface area (Å²) in [6.07, 6.45) is 2.67. The molecule has 1 unspecified atom stereocenters. The van der Waals surface area contributed by atoms with Crippen molar-refractivity contribution in [1.82, 2.24) is 10.3 Å². The molecule has 0 bridgehead atoms. The number of nitrogens with zero attached hydrogens (tertiary/aromatic N) is 1. The van der Waals surface area contributed by atoms with Crippen molar-refractivity contribution in [3.05, 3.63) is 53.5 Å². The van der Waals surface area contributed by atoms with E-state index in [-0.39, 0.29) is 11.9 Å². The largest absolute Gasteiger partial charge is 0.449 e. The summed E-state index contributed by atoms with van der Waals surface area (Å²) in [4.78, 5) is 4.34. The summed E-state index contributed by atoms with van der Waals surface area (Å²) in [5, 5.41) is 3.39. The third-order valence-electron chi connectivity index (χ3n) is 2.73. The summed E-state index contributed by atoms with van der Waals surface area (Å²) in [6, 6.07) is 6.41. The molecule has 0 aliphatic carbocycles. The van der Waals surface area contributed by atoms with E-state index in [9.17, 15) is 4.39 Å². The summed E-state index contributed by atoms with van der Waals surface area (Å²) in [6.45, 7) is 4.78. The Morgan fingerprint density at radius 2 is 2.06 bits per heavy atom. The average Bonchev–Trinajstić information content (AvgIpc) is 2.78. The lowest BCUT2D eigenvalue weighted by atomic mass is 10.0. The molecule has 2 aromatic rings. The zero-order chi connectivity index (χ0) is 13.0. The second-order valence-corrected chi connectivity index (χ2v) is 4.23. The van der Waals surface area contributed by atoms with Gasteiger partial charge >= 0.3 is 0 Å². The van der Waals surface area contributed by atoms with Crippen molar-refractivity contribution < 1.29 is 8.81 Å². The lowest BCUT2D eigenvalue weighted by Gasteiger charge is -2.16. The number of rotatable bonds is 5. The number of aryl methyl sites for hydroxylation is 1. The topological polar surface area (TPSA) is 38.1 Å². The first-order chi connectivity index (χ1) is 8.70. The van der Waals surface area contributed by atoms with Crippen LogP contribution in [0.2, 0.25) is 0 Å². The van der Waals surface area contributed by atoms with Gasteiger partial charge in [-0.25, -0.2) is 9.37 Å². The molecule has 0 radical (unpaired) electrons. The SMILES string of the molecule is CCCNC(c1ccc(F)cc1)c1coc(C)n1. The van der Waals surface area contributed by atoms with Crippen LogP contribution in [0.15, 0.2) is 34.9 Å². The van der Waals surface area contributed by atoms with Crippen molar-refractivity contribution in [1.29, 1.82) is 0 Å². The van der Waals surface area contributed by atoms with Crippen molar-refractivity contribution in [2.24, 2.45) is 0 Å². The van der Waals surface area contributed by atoms with Crippen molar-refractivity contribution in [3.63, 3.8) is 0 Å². The Hall–Kier alpha value is -1.68. The molecule has 0 saturated heterocycles. The fourth-order valence-corrected chi connectivity index (χ4v) is 1.85. The quantitative estimate of drug-likeness (QED) is 0.883. The summed E-state index contributed by atoms with van der Waals surface area (Å²) in [7, 11) is 0. The van der Waals surface area contributed by atoms with Gasteiger partial charge in [0.15, 0.2) is 5.89 Å². The molecule has 3 nitrogen and oxygen atoms in total. The molecular weight excluding hydrogens is 231 g/mol. The Bertz CT molecular complexity index is 493. The van der Waals surface area contributed by atoms with Gasteiger partial charge in [-0.15, -0.1) is 0 Å². The van der Waals surface area contributed by atoms with Gasteiger partial charge in [-0.3, -0.25) is 0 Å². The van der Waals surface area contributed by atoms with E-state index in [0.29, 0.717) is 5.89 Å². The van der Waals surface area contributed by atoms with Crippen LogP contribution in [0.5, 0.6) is 0 Å². The zero-order valence-corrected chi connectivity index (χ0v) is 10.6. The van der Waals surface area contributed by atoms with Gasteiger partial charge in [0.05, 0.1) is 6.04 Å². The first kappa shape index (κ1) is 12.8. The van der Waals surface area contributed by atoms with E-state index < -0.39 is 0 Å². The first-order valence-electron chi connectivity index (χ1n) is 6.11. The van der Waals surface area contributed by atoms with Crippen LogP contribution in [0.25, 0.3) is 0 Å². The monoisotopic (exact) mass is 248 g/mol. The van der Waals surface area contributed by atoms with Crippen LogP contribution in [0.1, 0.15) is 36.5 Å². The minimum Gasteiger partial charge on any atom is -0.449 e. The molecule has 1 heterocycles. The van der Waals surface area contributed by atoms with Crippen LogP contribution in [0.4, 0.5) is 4.39 Å². The van der Waals surface area contributed by atoms with Gasteiger partial charge in [0.2, 0.25) is 0 Å². The normalized spacial score (nSPS) is 12.6. The molecular formula is C14H17FN2O. The molecule has 1 atom stereocenters. The molecule has 0 saturated carbocycles. The molecule has 2 rings (SSSR count). The molecule has 18 heavy (non-hydrogen) atoms. The van der Waals surface area contributed by atoms with Gasteiger partial charge in [-0.1, -0.05) is 19.1 Å². The van der Waals surface area contributed by atoms with Crippen LogP contribution >= 0.6 is 0 Å². The number of benzene rings is 1. The van der Waals surface area contributed by atoms with Gasteiger partial charge in [0.1, 0.15) is 17.8 Å². The van der Waals surface area contributed by atoms with Crippen LogP contribution in [0.3, 0.4) is 0 Å². The number of hydrogen-bond donors (Lipinski definition) is 1. The maximum atomic E-state index is 13.0. The average molecular weight is 248 g/mol. The Kier molecular flexibility index (Phi) is 4.10. The molecule has 0 aliphatic heterocycles. The van der Waals surface area contributed by atoms with E-state index in [0.717, 1.165) is 24.2 Å².